The number of oxazole rings is 1. The number of carbonyl (C=O) groups is 2. The monoisotopic (exact) mass is 594 g/mol. The van der Waals surface area contributed by atoms with E-state index in [2.05, 4.69) is 9.98 Å². The van der Waals surface area contributed by atoms with E-state index in [4.69, 9.17) is 13.9 Å². The lowest BCUT2D eigenvalue weighted by Crippen LogP contribution is -2.25. The Morgan fingerprint density at radius 3 is 2.49 bits per heavy atom. The molecule has 2 aromatic heterocycles. The number of nitrogens with zero attached hydrogens (tertiary/aromatic N) is 2. The summed E-state index contributed by atoms with van der Waals surface area (Å²) in [6, 6.07) is 24.1. The van der Waals surface area contributed by atoms with Crippen LogP contribution in [0.2, 0.25) is 0 Å². The molecule has 0 N–H and O–H groups in total. The number of Topliss-reactive ketones (excluding diaryl/α,β-unsaturated/α-hetero) is 1. The number of thiophene rings is 1. The number of aromatic nitrogens is 1. The lowest BCUT2D eigenvalue weighted by atomic mass is 10.0. The van der Waals surface area contributed by atoms with E-state index in [-0.39, 0.29) is 18.8 Å². The minimum absolute atomic E-state index is 0.0382. The molecule has 1 atom stereocenters. The highest BCUT2D eigenvalue weighted by Crippen LogP contribution is 2.34. The second kappa shape index (κ2) is 14.1. The number of esters is 1. The van der Waals surface area contributed by atoms with E-state index in [1.54, 1.807) is 37.3 Å². The van der Waals surface area contributed by atoms with Crippen molar-refractivity contribution >= 4 is 38.9 Å². The van der Waals surface area contributed by atoms with E-state index in [0.717, 1.165) is 38.4 Å². The topological polar surface area (TPSA) is 91.0 Å². The number of rotatable bonds is 13. The van der Waals surface area contributed by atoms with E-state index in [1.807, 2.05) is 79.0 Å². The number of ether oxygens (including phenoxy) is 2. The average Bonchev–Trinajstić information content (AvgIpc) is 3.66. The van der Waals surface area contributed by atoms with Gasteiger partial charge in [-0.2, -0.15) is 0 Å². The molecule has 0 spiro atoms. The summed E-state index contributed by atoms with van der Waals surface area (Å²) in [6.07, 6.45) is 1.10. The van der Waals surface area contributed by atoms with Crippen molar-refractivity contribution in [3.8, 4) is 17.2 Å². The molecule has 0 bridgehead atoms. The van der Waals surface area contributed by atoms with Crippen molar-refractivity contribution in [1.82, 2.24) is 4.98 Å². The molecule has 5 rings (SSSR count). The summed E-state index contributed by atoms with van der Waals surface area (Å²) in [5.74, 6) is 1.71. The van der Waals surface area contributed by atoms with Crippen molar-refractivity contribution < 1.29 is 23.5 Å². The first-order valence-electron chi connectivity index (χ1n) is 14.3. The van der Waals surface area contributed by atoms with E-state index >= 15 is 0 Å². The maximum absolute atomic E-state index is 12.9. The summed E-state index contributed by atoms with van der Waals surface area (Å²) < 4.78 is 18.5. The van der Waals surface area contributed by atoms with Crippen LogP contribution in [0.4, 0.5) is 0 Å². The lowest BCUT2D eigenvalue weighted by Gasteiger charge is -2.15. The Bertz CT molecular complexity index is 1720. The van der Waals surface area contributed by atoms with Crippen molar-refractivity contribution in [3.63, 3.8) is 0 Å². The van der Waals surface area contributed by atoms with E-state index in [1.165, 1.54) is 0 Å². The van der Waals surface area contributed by atoms with Crippen molar-refractivity contribution in [2.24, 2.45) is 4.99 Å². The molecule has 2 heterocycles. The number of ketones is 1. The largest absolute Gasteiger partial charge is 0.493 e. The highest BCUT2D eigenvalue weighted by Gasteiger charge is 2.23. The second-order valence-corrected chi connectivity index (χ2v) is 11.1. The molecule has 7 nitrogen and oxygen atoms in total. The van der Waals surface area contributed by atoms with Gasteiger partial charge in [0.05, 0.1) is 18.9 Å². The quantitative estimate of drug-likeness (QED) is 0.0788. The molecular formula is C35H34N2O5S. The number of hydrogen-bond acceptors (Lipinski definition) is 8. The van der Waals surface area contributed by atoms with Crippen LogP contribution < -0.4 is 4.74 Å². The SMILES string of the molecule is CCOC(=O)C(Cc1ccc(OCCc2nc(-c3ccccc3)oc2C)c2ccsc12)N=C(C)CC(=O)c1ccccc1. The predicted octanol–water partition coefficient (Wildman–Crippen LogP) is 7.69. The van der Waals surface area contributed by atoms with Crippen LogP contribution in [0.15, 0.2) is 93.7 Å². The summed E-state index contributed by atoms with van der Waals surface area (Å²) in [5.41, 5.74) is 4.00. The maximum Gasteiger partial charge on any atom is 0.331 e. The Hall–Kier alpha value is -4.56. The summed E-state index contributed by atoms with van der Waals surface area (Å²) in [6.45, 7) is 6.17. The summed E-state index contributed by atoms with van der Waals surface area (Å²) in [7, 11) is 0. The molecule has 0 amide bonds. The molecular weight excluding hydrogens is 560 g/mol. The zero-order chi connectivity index (χ0) is 30.2. The Labute approximate surface area is 255 Å². The van der Waals surface area contributed by atoms with Gasteiger partial charge >= 0.3 is 5.97 Å². The van der Waals surface area contributed by atoms with Crippen molar-refractivity contribution in [1.29, 1.82) is 0 Å². The normalized spacial score (nSPS) is 12.3. The molecule has 0 saturated carbocycles. The molecule has 0 aliphatic carbocycles. The fourth-order valence-electron chi connectivity index (χ4n) is 4.90. The lowest BCUT2D eigenvalue weighted by molar-refractivity contribution is -0.144. The second-order valence-electron chi connectivity index (χ2n) is 10.2. The van der Waals surface area contributed by atoms with Crippen LogP contribution in [0.3, 0.4) is 0 Å². The average molecular weight is 595 g/mol. The molecule has 8 heteroatoms. The number of aliphatic imine (C=N–C) groups is 1. The Kier molecular flexibility index (Phi) is 9.79. The van der Waals surface area contributed by atoms with Gasteiger partial charge in [-0.05, 0) is 56.0 Å². The molecule has 0 aliphatic heterocycles. The molecule has 5 aromatic rings. The smallest absolute Gasteiger partial charge is 0.331 e. The summed E-state index contributed by atoms with van der Waals surface area (Å²) >= 11 is 1.59. The van der Waals surface area contributed by atoms with Crippen molar-refractivity contribution in [2.45, 2.75) is 46.1 Å². The van der Waals surface area contributed by atoms with Crippen LogP contribution in [0.1, 0.15) is 47.6 Å². The van der Waals surface area contributed by atoms with Gasteiger partial charge < -0.3 is 13.9 Å². The molecule has 43 heavy (non-hydrogen) atoms. The number of benzene rings is 3. The van der Waals surface area contributed by atoms with Gasteiger partial charge in [-0.3, -0.25) is 9.79 Å². The summed E-state index contributed by atoms with van der Waals surface area (Å²) in [4.78, 5) is 35.0. The number of aryl methyl sites for hydroxylation is 1. The fourth-order valence-corrected chi connectivity index (χ4v) is 5.84. The number of carbonyl (C=O) groups excluding carboxylic acids is 2. The van der Waals surface area contributed by atoms with Gasteiger partial charge in [-0.25, -0.2) is 9.78 Å². The number of fused-ring (bicyclic) bond motifs is 1. The van der Waals surface area contributed by atoms with E-state index in [9.17, 15) is 9.59 Å². The first-order chi connectivity index (χ1) is 20.9. The first-order valence-corrected chi connectivity index (χ1v) is 15.2. The van der Waals surface area contributed by atoms with Crippen molar-refractivity contribution in [3.05, 3.63) is 107 Å². The maximum atomic E-state index is 12.9. The highest BCUT2D eigenvalue weighted by molar-refractivity contribution is 7.17. The molecule has 0 fully saturated rings. The van der Waals surface area contributed by atoms with Gasteiger partial charge in [0.15, 0.2) is 11.8 Å². The third-order valence-electron chi connectivity index (χ3n) is 7.03. The summed E-state index contributed by atoms with van der Waals surface area (Å²) in [5, 5.41) is 2.99. The van der Waals surface area contributed by atoms with Gasteiger partial charge in [-0.15, -0.1) is 11.3 Å². The van der Waals surface area contributed by atoms with E-state index < -0.39 is 12.0 Å². The fraction of sp³-hybridized carbons (Fsp3) is 0.257. The predicted molar refractivity (Wildman–Crippen MR) is 170 cm³/mol. The zero-order valence-corrected chi connectivity index (χ0v) is 25.4. The molecule has 1 unspecified atom stereocenters. The molecule has 0 aliphatic rings. The van der Waals surface area contributed by atoms with Gasteiger partial charge in [-0.1, -0.05) is 54.6 Å². The van der Waals surface area contributed by atoms with Crippen LogP contribution in [-0.4, -0.2) is 41.7 Å². The third kappa shape index (κ3) is 7.45. The van der Waals surface area contributed by atoms with Crippen LogP contribution in [0.25, 0.3) is 21.5 Å². The molecule has 3 aromatic carbocycles. The van der Waals surface area contributed by atoms with Gasteiger partial charge in [0, 0.05) is 46.2 Å². The third-order valence-corrected chi connectivity index (χ3v) is 8.02. The van der Waals surface area contributed by atoms with Gasteiger partial charge in [0.1, 0.15) is 11.5 Å². The van der Waals surface area contributed by atoms with Crippen LogP contribution in [-0.2, 0) is 22.4 Å². The van der Waals surface area contributed by atoms with Gasteiger partial charge in [0.2, 0.25) is 5.89 Å². The molecule has 0 saturated heterocycles. The molecule has 220 valence electrons. The van der Waals surface area contributed by atoms with Crippen molar-refractivity contribution in [2.75, 3.05) is 13.2 Å². The highest BCUT2D eigenvalue weighted by atomic mass is 32.1. The van der Waals surface area contributed by atoms with Crippen LogP contribution in [0.5, 0.6) is 5.75 Å². The Morgan fingerprint density at radius 2 is 1.74 bits per heavy atom. The first kappa shape index (κ1) is 29.9. The Balaban J connectivity index is 1.28. The minimum Gasteiger partial charge on any atom is -0.493 e. The Morgan fingerprint density at radius 1 is 1.00 bits per heavy atom. The van der Waals surface area contributed by atoms with Crippen LogP contribution in [0, 0.1) is 6.92 Å². The van der Waals surface area contributed by atoms with E-state index in [0.29, 0.717) is 36.6 Å². The number of hydrogen-bond donors (Lipinski definition) is 0. The van der Waals surface area contributed by atoms with Crippen LogP contribution >= 0.6 is 11.3 Å². The zero-order valence-electron chi connectivity index (χ0n) is 24.5. The molecule has 0 radical (unpaired) electrons. The minimum atomic E-state index is -0.755. The standard InChI is InChI=1S/C35H34N2O5S/c1-4-40-35(39)30(36-23(2)21-31(38)25-11-7-5-8-12-25)22-27-15-16-32(28-18-20-43-33(27)28)41-19-17-29-24(3)42-34(37-29)26-13-9-6-10-14-26/h5-16,18,20,30H,4,17,19,21-22H2,1-3H3. The van der Waals surface area contributed by atoms with Gasteiger partial charge in [0.25, 0.3) is 0 Å².